The van der Waals surface area contributed by atoms with E-state index in [9.17, 15) is 9.59 Å². The normalized spacial score (nSPS) is 20.4. The highest BCUT2D eigenvalue weighted by Gasteiger charge is 2.23. The molecule has 5 nitrogen and oxygen atoms in total. The summed E-state index contributed by atoms with van der Waals surface area (Å²) in [5.74, 6) is -0.667. The van der Waals surface area contributed by atoms with Crippen molar-refractivity contribution in [2.75, 3.05) is 6.61 Å². The quantitative estimate of drug-likeness (QED) is 0.507. The van der Waals surface area contributed by atoms with E-state index in [0.29, 0.717) is 5.92 Å². The van der Waals surface area contributed by atoms with Crippen LogP contribution in [0.2, 0.25) is 0 Å². The van der Waals surface area contributed by atoms with E-state index >= 15 is 0 Å². The summed E-state index contributed by atoms with van der Waals surface area (Å²) in [5, 5.41) is 12.1. The Morgan fingerprint density at radius 3 is 2.60 bits per heavy atom. The highest BCUT2D eigenvalue weighted by molar-refractivity contribution is 5.98. The summed E-state index contributed by atoms with van der Waals surface area (Å²) in [4.78, 5) is 24.0. The van der Waals surface area contributed by atoms with E-state index in [4.69, 9.17) is 10.00 Å². The molecule has 1 aliphatic rings. The number of carbonyl (C=O) groups is 2. The van der Waals surface area contributed by atoms with Gasteiger partial charge in [0.15, 0.2) is 6.61 Å². The molecule has 1 amide bonds. The van der Waals surface area contributed by atoms with Crippen LogP contribution in [0.1, 0.15) is 43.7 Å². The van der Waals surface area contributed by atoms with E-state index in [1.165, 1.54) is 12.5 Å². The smallest absolute Gasteiger partial charge is 0.349 e. The number of nitrogens with one attached hydrogen (secondary N) is 1. The van der Waals surface area contributed by atoms with Gasteiger partial charge in [0.25, 0.3) is 5.91 Å². The number of amides is 1. The van der Waals surface area contributed by atoms with Gasteiger partial charge in [-0.05, 0) is 37.3 Å². The molecule has 25 heavy (non-hydrogen) atoms. The first-order chi connectivity index (χ1) is 12.0. The van der Waals surface area contributed by atoms with Crippen molar-refractivity contribution in [2.24, 2.45) is 5.92 Å². The van der Waals surface area contributed by atoms with E-state index in [1.807, 2.05) is 37.3 Å². The zero-order valence-corrected chi connectivity index (χ0v) is 14.7. The summed E-state index contributed by atoms with van der Waals surface area (Å²) in [6, 6.07) is 9.39. The lowest BCUT2D eigenvalue weighted by Gasteiger charge is -2.29. The zero-order valence-electron chi connectivity index (χ0n) is 14.7. The second-order valence-electron chi connectivity index (χ2n) is 6.59. The second kappa shape index (κ2) is 9.03. The van der Waals surface area contributed by atoms with Crippen LogP contribution < -0.4 is 5.32 Å². The number of aryl methyl sites for hydroxylation is 1. The Hall–Kier alpha value is -2.61. The van der Waals surface area contributed by atoms with Gasteiger partial charge in [-0.15, -0.1) is 0 Å². The highest BCUT2D eigenvalue weighted by Crippen LogP contribution is 2.23. The fraction of sp³-hybridized carbons (Fsp3) is 0.450. The van der Waals surface area contributed by atoms with Crippen molar-refractivity contribution in [2.45, 2.75) is 45.6 Å². The van der Waals surface area contributed by atoms with Crippen LogP contribution in [-0.2, 0) is 14.3 Å². The number of rotatable bonds is 5. The number of hydrogen-bond donors (Lipinski definition) is 1. The van der Waals surface area contributed by atoms with E-state index in [-0.39, 0.29) is 24.1 Å². The highest BCUT2D eigenvalue weighted by atomic mass is 16.5. The van der Waals surface area contributed by atoms with Gasteiger partial charge >= 0.3 is 5.97 Å². The molecule has 1 N–H and O–H groups in total. The number of hydrogen-bond acceptors (Lipinski definition) is 4. The lowest BCUT2D eigenvalue weighted by atomic mass is 9.86. The second-order valence-corrected chi connectivity index (χ2v) is 6.59. The maximum atomic E-state index is 12.0. The van der Waals surface area contributed by atoms with Crippen molar-refractivity contribution in [1.29, 1.82) is 5.26 Å². The van der Waals surface area contributed by atoms with Crippen LogP contribution >= 0.6 is 0 Å². The van der Waals surface area contributed by atoms with Gasteiger partial charge in [-0.1, -0.05) is 49.6 Å². The van der Waals surface area contributed by atoms with Crippen LogP contribution in [0, 0.1) is 24.2 Å². The average Bonchev–Trinajstić information content (AvgIpc) is 2.61. The Bertz CT molecular complexity index is 686. The summed E-state index contributed by atoms with van der Waals surface area (Å²) in [7, 11) is 0. The molecule has 0 saturated heterocycles. The summed E-state index contributed by atoms with van der Waals surface area (Å²) in [6.07, 6.45) is 5.81. The number of carbonyl (C=O) groups excluding carboxylic acids is 2. The molecule has 0 spiro atoms. The van der Waals surface area contributed by atoms with Crippen LogP contribution in [0.3, 0.4) is 0 Å². The number of esters is 1. The first-order valence-corrected chi connectivity index (χ1v) is 8.64. The summed E-state index contributed by atoms with van der Waals surface area (Å²) >= 11 is 0. The zero-order chi connectivity index (χ0) is 18.2. The molecule has 132 valence electrons. The fourth-order valence-electron chi connectivity index (χ4n) is 2.95. The fourth-order valence-corrected chi connectivity index (χ4v) is 2.95. The van der Waals surface area contributed by atoms with Crippen LogP contribution in [0.25, 0.3) is 6.08 Å². The van der Waals surface area contributed by atoms with Crippen molar-refractivity contribution in [3.05, 3.63) is 41.0 Å². The van der Waals surface area contributed by atoms with Gasteiger partial charge in [0.05, 0.1) is 0 Å². The predicted molar refractivity (Wildman–Crippen MR) is 95.3 cm³/mol. The number of nitriles is 1. The molecule has 0 aromatic heterocycles. The molecule has 2 atom stereocenters. The molecule has 0 heterocycles. The average molecular weight is 340 g/mol. The molecule has 0 unspecified atom stereocenters. The van der Waals surface area contributed by atoms with Crippen molar-refractivity contribution >= 4 is 18.0 Å². The SMILES string of the molecule is Cc1ccc(/C=C(\C#N)C(=O)OCC(=O)N[C@@H]2CCCC[C@@H]2C)cc1. The molecular formula is C20H24N2O3. The molecule has 5 heteroatoms. The van der Waals surface area contributed by atoms with Gasteiger partial charge in [-0.2, -0.15) is 5.26 Å². The number of ether oxygens (including phenoxy) is 1. The van der Waals surface area contributed by atoms with E-state index < -0.39 is 5.97 Å². The third-order valence-electron chi connectivity index (χ3n) is 4.52. The lowest BCUT2D eigenvalue weighted by molar-refractivity contribution is -0.144. The van der Waals surface area contributed by atoms with Gasteiger partial charge < -0.3 is 10.1 Å². The third kappa shape index (κ3) is 5.75. The lowest BCUT2D eigenvalue weighted by Crippen LogP contribution is -2.42. The Balaban J connectivity index is 1.88. The van der Waals surface area contributed by atoms with Gasteiger partial charge in [-0.25, -0.2) is 4.79 Å². The van der Waals surface area contributed by atoms with Gasteiger partial charge in [0.2, 0.25) is 0 Å². The maximum Gasteiger partial charge on any atom is 0.349 e. The third-order valence-corrected chi connectivity index (χ3v) is 4.52. The van der Waals surface area contributed by atoms with E-state index in [2.05, 4.69) is 12.2 Å². The molecule has 1 aromatic carbocycles. The molecule has 2 rings (SSSR count). The standard InChI is InChI=1S/C20H24N2O3/c1-14-7-9-16(10-8-14)11-17(12-21)20(24)25-13-19(23)22-18-6-4-3-5-15(18)2/h7-11,15,18H,3-6,13H2,1-2H3,(H,22,23)/b17-11+/t15-,18+/m0/s1. The largest absolute Gasteiger partial charge is 0.451 e. The number of benzene rings is 1. The van der Waals surface area contributed by atoms with Crippen molar-refractivity contribution in [1.82, 2.24) is 5.32 Å². The van der Waals surface area contributed by atoms with E-state index in [1.54, 1.807) is 0 Å². The van der Waals surface area contributed by atoms with Crippen LogP contribution in [0.5, 0.6) is 0 Å². The van der Waals surface area contributed by atoms with Crippen LogP contribution in [0.4, 0.5) is 0 Å². The molecule has 0 aliphatic heterocycles. The minimum absolute atomic E-state index is 0.123. The van der Waals surface area contributed by atoms with Crippen molar-refractivity contribution in [3.8, 4) is 6.07 Å². The Morgan fingerprint density at radius 2 is 1.96 bits per heavy atom. The predicted octanol–water partition coefficient (Wildman–Crippen LogP) is 3.14. The number of nitrogens with zero attached hydrogens (tertiary/aromatic N) is 1. The van der Waals surface area contributed by atoms with Crippen molar-refractivity contribution < 1.29 is 14.3 Å². The van der Waals surface area contributed by atoms with Crippen LogP contribution in [-0.4, -0.2) is 24.5 Å². The van der Waals surface area contributed by atoms with Crippen molar-refractivity contribution in [3.63, 3.8) is 0 Å². The molecule has 0 bridgehead atoms. The topological polar surface area (TPSA) is 79.2 Å². The molecular weight excluding hydrogens is 316 g/mol. The molecule has 1 fully saturated rings. The summed E-state index contributed by atoms with van der Waals surface area (Å²) in [6.45, 7) is 3.71. The molecule has 1 saturated carbocycles. The van der Waals surface area contributed by atoms with E-state index in [0.717, 1.165) is 30.4 Å². The first-order valence-electron chi connectivity index (χ1n) is 8.64. The monoisotopic (exact) mass is 340 g/mol. The Morgan fingerprint density at radius 1 is 1.28 bits per heavy atom. The first kappa shape index (κ1) is 18.7. The Kier molecular flexibility index (Phi) is 6.76. The molecule has 1 aliphatic carbocycles. The van der Waals surface area contributed by atoms with Crippen LogP contribution in [0.15, 0.2) is 29.8 Å². The summed E-state index contributed by atoms with van der Waals surface area (Å²) in [5.41, 5.74) is 1.70. The maximum absolute atomic E-state index is 12.0. The molecule has 1 aromatic rings. The minimum Gasteiger partial charge on any atom is -0.451 e. The minimum atomic E-state index is -0.782. The Labute approximate surface area is 148 Å². The van der Waals surface area contributed by atoms with Gasteiger partial charge in [0, 0.05) is 6.04 Å². The van der Waals surface area contributed by atoms with Gasteiger partial charge in [-0.3, -0.25) is 4.79 Å². The van der Waals surface area contributed by atoms with Gasteiger partial charge in [0.1, 0.15) is 11.6 Å². The molecule has 0 radical (unpaired) electrons. The summed E-state index contributed by atoms with van der Waals surface area (Å²) < 4.78 is 4.99.